The van der Waals surface area contributed by atoms with Crippen molar-refractivity contribution in [2.24, 2.45) is 0 Å². The largest absolute Gasteiger partial charge is 0.313 e. The van der Waals surface area contributed by atoms with Crippen LogP contribution in [0.1, 0.15) is 22.3 Å². The minimum absolute atomic E-state index is 0.213. The smallest absolute Gasteiger partial charge is 0.0897 e. The summed E-state index contributed by atoms with van der Waals surface area (Å²) in [6, 6.07) is 8.16. The van der Waals surface area contributed by atoms with E-state index in [0.29, 0.717) is 0 Å². The fourth-order valence-electron chi connectivity index (χ4n) is 1.84. The van der Waals surface area contributed by atoms with E-state index in [-0.39, 0.29) is 6.04 Å². The van der Waals surface area contributed by atoms with Crippen molar-refractivity contribution in [2.75, 3.05) is 7.05 Å². The molecule has 17 heavy (non-hydrogen) atoms. The predicted octanol–water partition coefficient (Wildman–Crippen LogP) is 3.61. The van der Waals surface area contributed by atoms with Crippen LogP contribution in [0.3, 0.4) is 0 Å². The van der Waals surface area contributed by atoms with Gasteiger partial charge in [0.2, 0.25) is 0 Å². The Morgan fingerprint density at radius 1 is 1.41 bits per heavy atom. The molecule has 1 atom stereocenters. The molecule has 0 fully saturated rings. The van der Waals surface area contributed by atoms with E-state index < -0.39 is 0 Å². The van der Waals surface area contributed by atoms with Gasteiger partial charge in [0.15, 0.2) is 0 Å². The average Bonchev–Trinajstić information content (AvgIpc) is 2.73. The number of halogens is 1. The Morgan fingerprint density at radius 2 is 2.18 bits per heavy atom. The molecule has 0 radical (unpaired) electrons. The van der Waals surface area contributed by atoms with Crippen LogP contribution in [-0.2, 0) is 6.42 Å². The molecular formula is C13H15ClN2S. The second-order valence-corrected chi connectivity index (χ2v) is 5.39. The maximum Gasteiger partial charge on any atom is 0.0897 e. The number of nitrogens with zero attached hydrogens (tertiary/aromatic N) is 1. The molecule has 0 aliphatic heterocycles. The summed E-state index contributed by atoms with van der Waals surface area (Å²) in [6.07, 6.45) is 0.866. The standard InChI is InChI=1S/C13H15ClN2S/c1-9-16-10(8-17-9)7-13(15-2)11-5-3-4-6-12(11)14/h3-6,8,13,15H,7H2,1-2H3. The summed E-state index contributed by atoms with van der Waals surface area (Å²) in [5.41, 5.74) is 2.24. The molecule has 0 amide bonds. The van der Waals surface area contributed by atoms with Gasteiger partial charge in [-0.3, -0.25) is 0 Å². The lowest BCUT2D eigenvalue weighted by Crippen LogP contribution is -2.19. The number of hydrogen-bond acceptors (Lipinski definition) is 3. The van der Waals surface area contributed by atoms with Crippen LogP contribution in [0.2, 0.25) is 5.02 Å². The summed E-state index contributed by atoms with van der Waals surface area (Å²) in [5.74, 6) is 0. The molecule has 0 spiro atoms. The van der Waals surface area contributed by atoms with Crippen LogP contribution in [-0.4, -0.2) is 12.0 Å². The average molecular weight is 267 g/mol. The maximum absolute atomic E-state index is 6.21. The Bertz CT molecular complexity index is 496. The predicted molar refractivity (Wildman–Crippen MR) is 73.8 cm³/mol. The third-order valence-corrected chi connectivity index (χ3v) is 3.88. The lowest BCUT2D eigenvalue weighted by molar-refractivity contribution is 0.586. The monoisotopic (exact) mass is 266 g/mol. The number of benzene rings is 1. The van der Waals surface area contributed by atoms with Crippen molar-refractivity contribution in [1.82, 2.24) is 10.3 Å². The zero-order valence-electron chi connectivity index (χ0n) is 9.90. The van der Waals surface area contributed by atoms with E-state index in [0.717, 1.165) is 27.7 Å². The Morgan fingerprint density at radius 3 is 2.76 bits per heavy atom. The van der Waals surface area contributed by atoms with Crippen molar-refractivity contribution >= 4 is 22.9 Å². The van der Waals surface area contributed by atoms with Gasteiger partial charge < -0.3 is 5.32 Å². The lowest BCUT2D eigenvalue weighted by Gasteiger charge is -2.16. The molecule has 1 aromatic carbocycles. The molecule has 0 aliphatic rings. The van der Waals surface area contributed by atoms with Crippen LogP contribution in [0.15, 0.2) is 29.6 Å². The molecule has 0 saturated heterocycles. The molecule has 4 heteroatoms. The lowest BCUT2D eigenvalue weighted by atomic mass is 10.0. The SMILES string of the molecule is CNC(Cc1csc(C)n1)c1ccccc1Cl. The quantitative estimate of drug-likeness (QED) is 0.915. The second kappa shape index (κ2) is 5.63. The van der Waals surface area contributed by atoms with Crippen LogP contribution in [0, 0.1) is 6.92 Å². The van der Waals surface area contributed by atoms with Gasteiger partial charge in [0, 0.05) is 22.9 Å². The highest BCUT2D eigenvalue weighted by Gasteiger charge is 2.14. The molecule has 1 aromatic heterocycles. The third-order valence-electron chi connectivity index (χ3n) is 2.71. The number of rotatable bonds is 4. The van der Waals surface area contributed by atoms with E-state index in [1.54, 1.807) is 11.3 Å². The number of thiazole rings is 1. The van der Waals surface area contributed by atoms with E-state index in [9.17, 15) is 0 Å². The summed E-state index contributed by atoms with van der Waals surface area (Å²) in [6.45, 7) is 2.03. The van der Waals surface area contributed by atoms with Gasteiger partial charge in [-0.1, -0.05) is 29.8 Å². The normalized spacial score (nSPS) is 12.6. The highest BCUT2D eigenvalue weighted by atomic mass is 35.5. The van der Waals surface area contributed by atoms with Gasteiger partial charge >= 0.3 is 0 Å². The van der Waals surface area contributed by atoms with Crippen molar-refractivity contribution < 1.29 is 0 Å². The summed E-state index contributed by atoms with van der Waals surface area (Å²) < 4.78 is 0. The van der Waals surface area contributed by atoms with E-state index in [4.69, 9.17) is 11.6 Å². The fourth-order valence-corrected chi connectivity index (χ4v) is 2.73. The first-order chi connectivity index (χ1) is 8.20. The summed E-state index contributed by atoms with van der Waals surface area (Å²) >= 11 is 7.90. The van der Waals surface area contributed by atoms with Crippen LogP contribution in [0.5, 0.6) is 0 Å². The summed E-state index contributed by atoms with van der Waals surface area (Å²) in [7, 11) is 1.95. The van der Waals surface area contributed by atoms with Crippen molar-refractivity contribution in [1.29, 1.82) is 0 Å². The van der Waals surface area contributed by atoms with Crippen molar-refractivity contribution in [2.45, 2.75) is 19.4 Å². The minimum atomic E-state index is 0.213. The number of aromatic nitrogens is 1. The van der Waals surface area contributed by atoms with Gasteiger partial charge in [-0.05, 0) is 25.6 Å². The first kappa shape index (κ1) is 12.6. The Kier molecular flexibility index (Phi) is 4.15. The molecule has 1 heterocycles. The molecule has 2 aromatic rings. The highest BCUT2D eigenvalue weighted by molar-refractivity contribution is 7.09. The molecular weight excluding hydrogens is 252 g/mol. The molecule has 2 rings (SSSR count). The molecule has 2 nitrogen and oxygen atoms in total. The van der Waals surface area contributed by atoms with Crippen LogP contribution in [0.25, 0.3) is 0 Å². The summed E-state index contributed by atoms with van der Waals surface area (Å²) in [5, 5.41) is 7.31. The topological polar surface area (TPSA) is 24.9 Å². The third kappa shape index (κ3) is 3.06. The van der Waals surface area contributed by atoms with Gasteiger partial charge in [0.25, 0.3) is 0 Å². The Labute approximate surface area is 111 Å². The number of likely N-dealkylation sites (N-methyl/N-ethyl adjacent to an activating group) is 1. The van der Waals surface area contributed by atoms with E-state index in [2.05, 4.69) is 21.7 Å². The van der Waals surface area contributed by atoms with Gasteiger partial charge in [0.05, 0.1) is 10.7 Å². The van der Waals surface area contributed by atoms with Gasteiger partial charge in [-0.15, -0.1) is 11.3 Å². The zero-order chi connectivity index (χ0) is 12.3. The molecule has 90 valence electrons. The van der Waals surface area contributed by atoms with Crippen LogP contribution in [0.4, 0.5) is 0 Å². The first-order valence-corrected chi connectivity index (χ1v) is 6.79. The van der Waals surface area contributed by atoms with E-state index in [1.807, 2.05) is 32.2 Å². The van der Waals surface area contributed by atoms with Crippen molar-refractivity contribution in [3.63, 3.8) is 0 Å². The fraction of sp³-hybridized carbons (Fsp3) is 0.308. The molecule has 1 unspecified atom stereocenters. The highest BCUT2D eigenvalue weighted by Crippen LogP contribution is 2.25. The Hall–Kier alpha value is -0.900. The first-order valence-electron chi connectivity index (χ1n) is 5.53. The van der Waals surface area contributed by atoms with E-state index in [1.165, 1.54) is 0 Å². The minimum Gasteiger partial charge on any atom is -0.313 e. The van der Waals surface area contributed by atoms with Gasteiger partial charge in [-0.25, -0.2) is 4.98 Å². The molecule has 1 N–H and O–H groups in total. The van der Waals surface area contributed by atoms with Crippen molar-refractivity contribution in [3.8, 4) is 0 Å². The van der Waals surface area contributed by atoms with Crippen LogP contribution < -0.4 is 5.32 Å². The van der Waals surface area contributed by atoms with Crippen LogP contribution >= 0.6 is 22.9 Å². The Balaban J connectivity index is 2.20. The number of nitrogens with one attached hydrogen (secondary N) is 1. The molecule has 0 aliphatic carbocycles. The molecule has 0 bridgehead atoms. The van der Waals surface area contributed by atoms with E-state index >= 15 is 0 Å². The summed E-state index contributed by atoms with van der Waals surface area (Å²) in [4.78, 5) is 4.49. The van der Waals surface area contributed by atoms with Crippen molar-refractivity contribution in [3.05, 3.63) is 50.9 Å². The van der Waals surface area contributed by atoms with Gasteiger partial charge in [-0.2, -0.15) is 0 Å². The molecule has 0 saturated carbocycles. The van der Waals surface area contributed by atoms with Gasteiger partial charge in [0.1, 0.15) is 0 Å². The maximum atomic E-state index is 6.21. The zero-order valence-corrected chi connectivity index (χ0v) is 11.5. The second-order valence-electron chi connectivity index (χ2n) is 3.92. The number of aryl methyl sites for hydroxylation is 1. The number of hydrogen-bond donors (Lipinski definition) is 1.